The molecule has 0 spiro atoms. The van der Waals surface area contributed by atoms with Crippen molar-refractivity contribution < 1.29 is 5.11 Å². The highest BCUT2D eigenvalue weighted by Crippen LogP contribution is 2.19. The minimum atomic E-state index is 0.320. The van der Waals surface area contributed by atoms with E-state index in [0.29, 0.717) is 12.3 Å². The molecule has 2 N–H and O–H groups in total. The quantitative estimate of drug-likeness (QED) is 0.827. The second-order valence-electron chi connectivity index (χ2n) is 3.83. The third-order valence-corrected chi connectivity index (χ3v) is 2.52. The van der Waals surface area contributed by atoms with Crippen molar-refractivity contribution in [3.05, 3.63) is 41.6 Å². The number of aromatic nitrogens is 2. The number of phenolic OH excluding ortho intramolecular Hbond substituents is 1. The van der Waals surface area contributed by atoms with Crippen LogP contribution in [0, 0.1) is 6.92 Å². The van der Waals surface area contributed by atoms with Crippen LogP contribution in [0.2, 0.25) is 0 Å². The molecule has 0 aliphatic carbocycles. The molecule has 0 bridgehead atoms. The first-order chi connectivity index (χ1) is 7.66. The molecule has 0 unspecified atom stereocenters. The molecule has 0 fully saturated rings. The monoisotopic (exact) mass is 217 g/mol. The lowest BCUT2D eigenvalue weighted by atomic mass is 10.1. The lowest BCUT2D eigenvalue weighted by Gasteiger charge is -2.08. The number of nitrogens with one attached hydrogen (secondary N) is 1. The fourth-order valence-electron chi connectivity index (χ4n) is 1.59. The maximum absolute atomic E-state index is 9.67. The van der Waals surface area contributed by atoms with Gasteiger partial charge in [0.25, 0.3) is 0 Å². The Balaban J connectivity index is 2.10. The number of rotatable bonds is 3. The van der Waals surface area contributed by atoms with Gasteiger partial charge in [-0.1, -0.05) is 17.7 Å². The van der Waals surface area contributed by atoms with E-state index in [4.69, 9.17) is 0 Å². The largest absolute Gasteiger partial charge is 0.508 e. The third kappa shape index (κ3) is 2.16. The predicted molar refractivity (Wildman–Crippen MR) is 63.4 cm³/mol. The number of aromatic hydroxyl groups is 1. The summed E-state index contributed by atoms with van der Waals surface area (Å²) in [7, 11) is 1.87. The summed E-state index contributed by atoms with van der Waals surface area (Å²) in [6, 6.07) is 7.48. The Morgan fingerprint density at radius 3 is 2.88 bits per heavy atom. The number of hydrogen-bond acceptors (Lipinski definition) is 3. The Kier molecular flexibility index (Phi) is 2.81. The summed E-state index contributed by atoms with van der Waals surface area (Å²) >= 11 is 0. The molecule has 0 saturated carbocycles. The van der Waals surface area contributed by atoms with E-state index in [9.17, 15) is 5.11 Å². The van der Waals surface area contributed by atoms with Crippen LogP contribution in [0.1, 0.15) is 11.1 Å². The molecule has 0 aliphatic rings. The van der Waals surface area contributed by atoms with Crippen LogP contribution >= 0.6 is 0 Å². The average Bonchev–Trinajstić information content (AvgIpc) is 2.66. The Morgan fingerprint density at radius 2 is 2.19 bits per heavy atom. The van der Waals surface area contributed by atoms with Gasteiger partial charge in [0.1, 0.15) is 11.6 Å². The van der Waals surface area contributed by atoms with Crippen LogP contribution in [-0.2, 0) is 13.6 Å². The fraction of sp³-hybridized carbons (Fsp3) is 0.250. The van der Waals surface area contributed by atoms with E-state index in [2.05, 4.69) is 10.4 Å². The van der Waals surface area contributed by atoms with Crippen LogP contribution in [0.15, 0.2) is 30.5 Å². The normalized spacial score (nSPS) is 10.4. The first kappa shape index (κ1) is 10.5. The second-order valence-corrected chi connectivity index (χ2v) is 3.83. The third-order valence-electron chi connectivity index (χ3n) is 2.52. The molecule has 84 valence electrons. The summed E-state index contributed by atoms with van der Waals surface area (Å²) in [6.45, 7) is 2.60. The van der Waals surface area contributed by atoms with Crippen molar-refractivity contribution in [1.82, 2.24) is 9.78 Å². The molecule has 0 radical (unpaired) electrons. The van der Waals surface area contributed by atoms with E-state index in [-0.39, 0.29) is 0 Å². The molecule has 2 aromatic rings. The van der Waals surface area contributed by atoms with Crippen LogP contribution in [0.5, 0.6) is 5.75 Å². The lowest BCUT2D eigenvalue weighted by molar-refractivity contribution is 0.469. The van der Waals surface area contributed by atoms with Gasteiger partial charge in [0.05, 0.1) is 6.20 Å². The Bertz CT molecular complexity index is 491. The molecule has 0 saturated heterocycles. The summed E-state index contributed by atoms with van der Waals surface area (Å²) in [6.07, 6.45) is 1.73. The highest BCUT2D eigenvalue weighted by molar-refractivity contribution is 5.40. The van der Waals surface area contributed by atoms with Crippen molar-refractivity contribution in [2.45, 2.75) is 13.5 Å². The van der Waals surface area contributed by atoms with Gasteiger partial charge >= 0.3 is 0 Å². The molecule has 0 aliphatic heterocycles. The van der Waals surface area contributed by atoms with Crippen LogP contribution < -0.4 is 5.32 Å². The van der Waals surface area contributed by atoms with Crippen molar-refractivity contribution in [1.29, 1.82) is 0 Å². The molecule has 16 heavy (non-hydrogen) atoms. The van der Waals surface area contributed by atoms with Gasteiger partial charge in [-0.15, -0.1) is 0 Å². The summed E-state index contributed by atoms with van der Waals surface area (Å²) in [4.78, 5) is 0. The molecule has 2 rings (SSSR count). The smallest absolute Gasteiger partial charge is 0.124 e. The van der Waals surface area contributed by atoms with Crippen molar-refractivity contribution in [2.75, 3.05) is 5.32 Å². The number of benzene rings is 1. The van der Waals surface area contributed by atoms with Crippen LogP contribution in [-0.4, -0.2) is 14.9 Å². The number of aryl methyl sites for hydroxylation is 2. The van der Waals surface area contributed by atoms with Gasteiger partial charge in [-0.05, 0) is 13.0 Å². The van der Waals surface area contributed by atoms with Gasteiger partial charge < -0.3 is 10.4 Å². The topological polar surface area (TPSA) is 50.1 Å². The van der Waals surface area contributed by atoms with Gasteiger partial charge in [0, 0.05) is 25.2 Å². The molecule has 1 heterocycles. The first-order valence-electron chi connectivity index (χ1n) is 5.17. The number of hydrogen-bond donors (Lipinski definition) is 2. The van der Waals surface area contributed by atoms with Crippen LogP contribution in [0.4, 0.5) is 5.82 Å². The minimum absolute atomic E-state index is 0.320. The number of phenols is 1. The Morgan fingerprint density at radius 1 is 1.38 bits per heavy atom. The number of anilines is 1. The molecule has 4 nitrogen and oxygen atoms in total. The van der Waals surface area contributed by atoms with E-state index in [0.717, 1.165) is 16.9 Å². The average molecular weight is 217 g/mol. The molecule has 4 heteroatoms. The molecule has 0 atom stereocenters. The van der Waals surface area contributed by atoms with Gasteiger partial charge in [0.15, 0.2) is 0 Å². The number of nitrogens with zero attached hydrogens (tertiary/aromatic N) is 2. The van der Waals surface area contributed by atoms with Crippen molar-refractivity contribution in [3.63, 3.8) is 0 Å². The van der Waals surface area contributed by atoms with E-state index >= 15 is 0 Å². The Hall–Kier alpha value is -1.97. The Labute approximate surface area is 94.5 Å². The van der Waals surface area contributed by atoms with Crippen molar-refractivity contribution in [2.24, 2.45) is 7.05 Å². The summed E-state index contributed by atoms with van der Waals surface area (Å²) in [5.41, 5.74) is 2.03. The van der Waals surface area contributed by atoms with E-state index in [1.807, 2.05) is 32.2 Å². The van der Waals surface area contributed by atoms with E-state index in [1.165, 1.54) is 0 Å². The summed E-state index contributed by atoms with van der Waals surface area (Å²) < 4.78 is 1.76. The summed E-state index contributed by atoms with van der Waals surface area (Å²) in [5, 5.41) is 16.9. The molecular weight excluding hydrogens is 202 g/mol. The fourth-order valence-corrected chi connectivity index (χ4v) is 1.59. The van der Waals surface area contributed by atoms with Crippen LogP contribution in [0.25, 0.3) is 0 Å². The zero-order valence-corrected chi connectivity index (χ0v) is 9.44. The maximum atomic E-state index is 9.67. The molecule has 1 aromatic carbocycles. The predicted octanol–water partition coefficient (Wildman–Crippen LogP) is 2.05. The maximum Gasteiger partial charge on any atom is 0.124 e. The van der Waals surface area contributed by atoms with Crippen molar-refractivity contribution in [3.8, 4) is 5.75 Å². The minimum Gasteiger partial charge on any atom is -0.508 e. The molecule has 0 amide bonds. The van der Waals surface area contributed by atoms with Gasteiger partial charge in [-0.25, -0.2) is 0 Å². The second kappa shape index (κ2) is 4.26. The molecular formula is C12H15N3O. The van der Waals surface area contributed by atoms with Gasteiger partial charge in [-0.3, -0.25) is 4.68 Å². The SMILES string of the molecule is Cc1ccc(O)c(CNc2ccnn2C)c1. The van der Waals surface area contributed by atoms with Crippen molar-refractivity contribution >= 4 is 5.82 Å². The zero-order chi connectivity index (χ0) is 11.5. The first-order valence-corrected chi connectivity index (χ1v) is 5.17. The molecule has 1 aromatic heterocycles. The highest BCUT2D eigenvalue weighted by atomic mass is 16.3. The standard InChI is InChI=1S/C12H15N3O/c1-9-3-4-11(16)10(7-9)8-13-12-5-6-14-15(12)2/h3-7,13,16H,8H2,1-2H3. The van der Waals surface area contributed by atoms with Crippen LogP contribution in [0.3, 0.4) is 0 Å². The zero-order valence-electron chi connectivity index (χ0n) is 9.44. The highest BCUT2D eigenvalue weighted by Gasteiger charge is 2.02. The summed E-state index contributed by atoms with van der Waals surface area (Å²) in [5.74, 6) is 1.25. The van der Waals surface area contributed by atoms with E-state index in [1.54, 1.807) is 16.9 Å². The van der Waals surface area contributed by atoms with Gasteiger partial charge in [0.2, 0.25) is 0 Å². The lowest BCUT2D eigenvalue weighted by Crippen LogP contribution is -2.04. The van der Waals surface area contributed by atoms with E-state index < -0.39 is 0 Å². The van der Waals surface area contributed by atoms with Gasteiger partial charge in [-0.2, -0.15) is 5.10 Å².